The Balaban J connectivity index is 2.37. The maximum Gasteiger partial charge on any atom is 0.339 e. The fourth-order valence-corrected chi connectivity index (χ4v) is 2.46. The molecule has 5 heteroatoms. The second kappa shape index (κ2) is 7.49. The first-order valence-corrected chi connectivity index (χ1v) is 8.30. The maximum absolute atomic E-state index is 11.1. The highest BCUT2D eigenvalue weighted by molar-refractivity contribution is 14.1. The molecule has 0 aliphatic carbocycles. The van der Waals surface area contributed by atoms with Crippen molar-refractivity contribution in [3.05, 3.63) is 47.5 Å². The predicted octanol–water partition coefficient (Wildman–Crippen LogP) is 4.18. The number of rotatable bonds is 6. The van der Waals surface area contributed by atoms with E-state index in [1.54, 1.807) is 18.2 Å². The Morgan fingerprint density at radius 2 is 2.00 bits per heavy atom. The quantitative estimate of drug-likeness (QED) is 0.572. The first-order chi connectivity index (χ1) is 10.6. The van der Waals surface area contributed by atoms with Crippen molar-refractivity contribution in [2.75, 3.05) is 18.1 Å². The van der Waals surface area contributed by atoms with Gasteiger partial charge in [0.2, 0.25) is 0 Å². The van der Waals surface area contributed by atoms with Crippen LogP contribution >= 0.6 is 22.6 Å². The number of benzene rings is 2. The van der Waals surface area contributed by atoms with E-state index in [1.165, 1.54) is 7.11 Å². The number of methoxy groups -OCH3 is 1. The van der Waals surface area contributed by atoms with Gasteiger partial charge in [0.1, 0.15) is 17.1 Å². The Hall–Kier alpha value is -1.76. The molecule has 0 spiro atoms. The van der Waals surface area contributed by atoms with Gasteiger partial charge in [0.05, 0.1) is 13.7 Å². The van der Waals surface area contributed by atoms with Gasteiger partial charge in [0.15, 0.2) is 0 Å². The molecular weight excluding hydrogens is 395 g/mol. The van der Waals surface area contributed by atoms with E-state index in [0.717, 1.165) is 26.9 Å². The summed E-state index contributed by atoms with van der Waals surface area (Å²) < 4.78 is 11.7. The second-order valence-electron chi connectivity index (χ2n) is 4.73. The standard InChI is InChI=1S/C17H17IO4/c1-11-9-13(22-8-7-18)4-6-14(11)12-3-5-15(17(19)20)16(10-12)21-2/h3-6,9-10H,7-8H2,1-2H3,(H,19,20). The van der Waals surface area contributed by atoms with Crippen LogP contribution in [0, 0.1) is 6.92 Å². The minimum atomic E-state index is -0.998. The van der Waals surface area contributed by atoms with Crippen molar-refractivity contribution < 1.29 is 19.4 Å². The van der Waals surface area contributed by atoms with E-state index < -0.39 is 5.97 Å². The SMILES string of the molecule is COc1cc(-c2ccc(OCCI)cc2C)ccc1C(=O)O. The van der Waals surface area contributed by atoms with Crippen molar-refractivity contribution in [3.63, 3.8) is 0 Å². The van der Waals surface area contributed by atoms with Crippen molar-refractivity contribution in [1.82, 2.24) is 0 Å². The number of halogens is 1. The van der Waals surface area contributed by atoms with Gasteiger partial charge in [0.25, 0.3) is 0 Å². The molecule has 0 radical (unpaired) electrons. The summed E-state index contributed by atoms with van der Waals surface area (Å²) in [6.07, 6.45) is 0. The Morgan fingerprint density at radius 3 is 2.59 bits per heavy atom. The van der Waals surface area contributed by atoms with E-state index >= 15 is 0 Å². The summed E-state index contributed by atoms with van der Waals surface area (Å²) in [5.74, 6) is 0.198. The normalized spacial score (nSPS) is 10.3. The van der Waals surface area contributed by atoms with Crippen LogP contribution in [-0.2, 0) is 0 Å². The van der Waals surface area contributed by atoms with Gasteiger partial charge in [-0.2, -0.15) is 0 Å². The molecule has 4 nitrogen and oxygen atoms in total. The molecule has 0 saturated heterocycles. The average Bonchev–Trinajstić information content (AvgIpc) is 2.52. The Bertz CT molecular complexity index is 682. The van der Waals surface area contributed by atoms with Crippen LogP contribution in [0.3, 0.4) is 0 Å². The van der Waals surface area contributed by atoms with Crippen LogP contribution in [0.1, 0.15) is 15.9 Å². The van der Waals surface area contributed by atoms with Crippen LogP contribution in [0.4, 0.5) is 0 Å². The van der Waals surface area contributed by atoms with E-state index in [2.05, 4.69) is 22.6 Å². The van der Waals surface area contributed by atoms with Crippen LogP contribution in [0.25, 0.3) is 11.1 Å². The lowest BCUT2D eigenvalue weighted by molar-refractivity contribution is 0.0693. The molecule has 0 fully saturated rings. The largest absolute Gasteiger partial charge is 0.496 e. The molecule has 1 N–H and O–H groups in total. The third kappa shape index (κ3) is 3.71. The molecule has 116 valence electrons. The lowest BCUT2D eigenvalue weighted by Gasteiger charge is -2.12. The van der Waals surface area contributed by atoms with Gasteiger partial charge < -0.3 is 14.6 Å². The van der Waals surface area contributed by atoms with E-state index in [1.807, 2.05) is 25.1 Å². The number of carbonyl (C=O) groups is 1. The molecule has 0 heterocycles. The van der Waals surface area contributed by atoms with Crippen molar-refractivity contribution >= 4 is 28.6 Å². The van der Waals surface area contributed by atoms with Crippen molar-refractivity contribution in [3.8, 4) is 22.6 Å². The second-order valence-corrected chi connectivity index (χ2v) is 5.81. The minimum Gasteiger partial charge on any atom is -0.496 e. The molecule has 0 saturated carbocycles. The van der Waals surface area contributed by atoms with Crippen LogP contribution in [0.15, 0.2) is 36.4 Å². The zero-order chi connectivity index (χ0) is 16.1. The number of hydrogen-bond acceptors (Lipinski definition) is 3. The molecule has 0 amide bonds. The summed E-state index contributed by atoms with van der Waals surface area (Å²) in [5, 5.41) is 9.13. The minimum absolute atomic E-state index is 0.158. The summed E-state index contributed by atoms with van der Waals surface area (Å²) in [7, 11) is 1.47. The first kappa shape index (κ1) is 16.6. The Kier molecular flexibility index (Phi) is 5.65. The molecule has 0 aliphatic heterocycles. The lowest BCUT2D eigenvalue weighted by Crippen LogP contribution is -2.01. The Labute approximate surface area is 143 Å². The number of carboxylic acids is 1. The van der Waals surface area contributed by atoms with Crippen LogP contribution in [0.5, 0.6) is 11.5 Å². The van der Waals surface area contributed by atoms with E-state index in [-0.39, 0.29) is 5.56 Å². The van der Waals surface area contributed by atoms with E-state index in [0.29, 0.717) is 12.4 Å². The van der Waals surface area contributed by atoms with E-state index in [9.17, 15) is 4.79 Å². The molecule has 0 unspecified atom stereocenters. The highest BCUT2D eigenvalue weighted by Crippen LogP contribution is 2.31. The van der Waals surface area contributed by atoms with Gasteiger partial charge in [-0.25, -0.2) is 4.79 Å². The van der Waals surface area contributed by atoms with Crippen molar-refractivity contribution in [1.29, 1.82) is 0 Å². The van der Waals surface area contributed by atoms with Crippen LogP contribution in [-0.4, -0.2) is 29.2 Å². The van der Waals surface area contributed by atoms with E-state index in [4.69, 9.17) is 14.6 Å². The number of alkyl halides is 1. The molecular formula is C17H17IO4. The molecule has 0 aromatic heterocycles. The van der Waals surface area contributed by atoms with Gasteiger partial charge in [-0.05, 0) is 47.9 Å². The first-order valence-electron chi connectivity index (χ1n) is 6.78. The van der Waals surface area contributed by atoms with Gasteiger partial charge in [-0.3, -0.25) is 0 Å². The predicted molar refractivity (Wildman–Crippen MR) is 94.5 cm³/mol. The third-order valence-electron chi connectivity index (χ3n) is 3.29. The molecule has 0 bridgehead atoms. The monoisotopic (exact) mass is 412 g/mol. The van der Waals surface area contributed by atoms with Gasteiger partial charge in [-0.1, -0.05) is 34.7 Å². The summed E-state index contributed by atoms with van der Waals surface area (Å²) in [4.78, 5) is 11.1. The highest BCUT2D eigenvalue weighted by Gasteiger charge is 2.13. The third-order valence-corrected chi connectivity index (χ3v) is 3.73. The number of aryl methyl sites for hydroxylation is 1. The topological polar surface area (TPSA) is 55.8 Å². The Morgan fingerprint density at radius 1 is 1.23 bits per heavy atom. The fourth-order valence-electron chi connectivity index (χ4n) is 2.24. The zero-order valence-corrected chi connectivity index (χ0v) is 14.6. The number of ether oxygens (including phenoxy) is 2. The summed E-state index contributed by atoms with van der Waals surface area (Å²) in [5.41, 5.74) is 3.17. The van der Waals surface area contributed by atoms with Crippen LogP contribution < -0.4 is 9.47 Å². The van der Waals surface area contributed by atoms with Gasteiger partial charge in [-0.15, -0.1) is 0 Å². The van der Waals surface area contributed by atoms with Crippen molar-refractivity contribution in [2.24, 2.45) is 0 Å². The van der Waals surface area contributed by atoms with Gasteiger partial charge in [0, 0.05) is 4.43 Å². The zero-order valence-electron chi connectivity index (χ0n) is 12.4. The maximum atomic E-state index is 11.1. The summed E-state index contributed by atoms with van der Waals surface area (Å²) in [6.45, 7) is 2.68. The molecule has 2 rings (SSSR count). The van der Waals surface area contributed by atoms with Gasteiger partial charge >= 0.3 is 5.97 Å². The highest BCUT2D eigenvalue weighted by atomic mass is 127. The fraction of sp³-hybridized carbons (Fsp3) is 0.235. The number of hydrogen-bond donors (Lipinski definition) is 1. The molecule has 0 aliphatic rings. The number of aromatic carboxylic acids is 1. The molecule has 2 aromatic rings. The summed E-state index contributed by atoms with van der Waals surface area (Å²) >= 11 is 2.27. The molecule has 2 aromatic carbocycles. The van der Waals surface area contributed by atoms with Crippen LogP contribution in [0.2, 0.25) is 0 Å². The smallest absolute Gasteiger partial charge is 0.339 e. The molecule has 22 heavy (non-hydrogen) atoms. The lowest BCUT2D eigenvalue weighted by atomic mass is 9.98. The van der Waals surface area contributed by atoms with Crippen molar-refractivity contribution in [2.45, 2.75) is 6.92 Å². The number of carboxylic acid groups (broad SMARTS) is 1. The molecule has 0 atom stereocenters. The average molecular weight is 412 g/mol. The summed E-state index contributed by atoms with van der Waals surface area (Å²) in [6, 6.07) is 11.0.